The molecule has 19 heavy (non-hydrogen) atoms. The molecule has 0 aliphatic heterocycles. The molecule has 1 saturated carbocycles. The van der Waals surface area contributed by atoms with Crippen LogP contribution in [0.4, 0.5) is 0 Å². The number of amides is 1. The lowest BCUT2D eigenvalue weighted by atomic mass is 9.69. The number of benzene rings is 1. The lowest BCUT2D eigenvalue weighted by molar-refractivity contribution is -0.153. The highest BCUT2D eigenvalue weighted by Gasteiger charge is 2.44. The van der Waals surface area contributed by atoms with Crippen LogP contribution in [-0.2, 0) is 4.79 Å². The second-order valence-electron chi connectivity index (χ2n) is 5.14. The molecule has 0 saturated heterocycles. The number of rotatable bonds is 4. The molecule has 1 aromatic rings. The summed E-state index contributed by atoms with van der Waals surface area (Å²) >= 11 is 3.35. The van der Waals surface area contributed by atoms with Gasteiger partial charge in [0.25, 0.3) is 5.91 Å². The first-order chi connectivity index (χ1) is 8.93. The molecule has 0 spiro atoms. The molecule has 1 fully saturated rings. The fourth-order valence-corrected chi connectivity index (χ4v) is 2.90. The lowest BCUT2D eigenvalue weighted by Gasteiger charge is -2.37. The fourth-order valence-electron chi connectivity index (χ4n) is 2.29. The van der Waals surface area contributed by atoms with Crippen LogP contribution in [0.5, 0.6) is 0 Å². The summed E-state index contributed by atoms with van der Waals surface area (Å²) in [5.74, 6) is -1.04. The molecule has 0 aromatic heterocycles. The zero-order valence-corrected chi connectivity index (χ0v) is 12.3. The number of aliphatic carboxylic acids is 1. The number of hydrogen-bond acceptors (Lipinski definition) is 2. The number of hydrogen-bond donors (Lipinski definition) is 2. The lowest BCUT2D eigenvalue weighted by Crippen LogP contribution is -2.47. The van der Waals surface area contributed by atoms with Gasteiger partial charge in [0.1, 0.15) is 0 Å². The number of nitrogens with one attached hydrogen (secondary N) is 1. The number of halogens is 1. The van der Waals surface area contributed by atoms with Gasteiger partial charge in [0.15, 0.2) is 0 Å². The van der Waals surface area contributed by atoms with Crippen molar-refractivity contribution in [2.75, 3.05) is 6.54 Å². The number of carbonyl (C=O) groups excluding carboxylic acids is 1. The summed E-state index contributed by atoms with van der Waals surface area (Å²) in [4.78, 5) is 23.2. The molecule has 5 heteroatoms. The normalized spacial score (nSPS) is 16.5. The van der Waals surface area contributed by atoms with Gasteiger partial charge in [0, 0.05) is 16.6 Å². The second-order valence-corrected chi connectivity index (χ2v) is 6.05. The van der Waals surface area contributed by atoms with Crippen molar-refractivity contribution in [3.63, 3.8) is 0 Å². The van der Waals surface area contributed by atoms with Crippen LogP contribution in [0.25, 0.3) is 0 Å². The Kier molecular flexibility index (Phi) is 3.94. The predicted molar refractivity (Wildman–Crippen MR) is 75.1 cm³/mol. The van der Waals surface area contributed by atoms with Crippen molar-refractivity contribution in [1.29, 1.82) is 0 Å². The average molecular weight is 326 g/mol. The average Bonchev–Trinajstić information content (AvgIpc) is 2.25. The highest BCUT2D eigenvalue weighted by Crippen LogP contribution is 2.40. The molecule has 0 heterocycles. The molecule has 0 bridgehead atoms. The summed E-state index contributed by atoms with van der Waals surface area (Å²) in [5, 5.41) is 11.9. The van der Waals surface area contributed by atoms with Crippen LogP contribution in [0.15, 0.2) is 22.7 Å². The van der Waals surface area contributed by atoms with E-state index >= 15 is 0 Å². The van der Waals surface area contributed by atoms with E-state index in [0.717, 1.165) is 16.5 Å². The van der Waals surface area contributed by atoms with Gasteiger partial charge in [-0.05, 0) is 43.5 Å². The maximum atomic E-state index is 12.0. The van der Waals surface area contributed by atoms with Crippen LogP contribution in [0.3, 0.4) is 0 Å². The van der Waals surface area contributed by atoms with Gasteiger partial charge in [0.2, 0.25) is 0 Å². The monoisotopic (exact) mass is 325 g/mol. The minimum atomic E-state index is -0.815. The van der Waals surface area contributed by atoms with Gasteiger partial charge < -0.3 is 10.4 Å². The first-order valence-electron chi connectivity index (χ1n) is 6.22. The molecule has 2 N–H and O–H groups in total. The number of aryl methyl sites for hydroxylation is 1. The summed E-state index contributed by atoms with van der Waals surface area (Å²) in [6.07, 6.45) is 2.19. The maximum absolute atomic E-state index is 12.0. The molecule has 0 atom stereocenters. The van der Waals surface area contributed by atoms with Crippen molar-refractivity contribution in [2.45, 2.75) is 26.2 Å². The molecule has 2 rings (SSSR count). The van der Waals surface area contributed by atoms with Crippen LogP contribution in [0.1, 0.15) is 35.2 Å². The summed E-state index contributed by atoms with van der Waals surface area (Å²) in [6.45, 7) is 2.11. The fraction of sp³-hybridized carbons (Fsp3) is 0.429. The Labute approximate surface area is 120 Å². The molecule has 0 radical (unpaired) electrons. The van der Waals surface area contributed by atoms with E-state index in [-0.39, 0.29) is 12.5 Å². The summed E-state index contributed by atoms with van der Waals surface area (Å²) in [6, 6.07) is 5.44. The first kappa shape index (κ1) is 14.1. The van der Waals surface area contributed by atoms with Crippen LogP contribution in [-0.4, -0.2) is 23.5 Å². The third kappa shape index (κ3) is 2.97. The number of carboxylic acids is 1. The van der Waals surface area contributed by atoms with E-state index in [1.54, 1.807) is 12.1 Å². The van der Waals surface area contributed by atoms with Crippen molar-refractivity contribution < 1.29 is 14.7 Å². The summed E-state index contributed by atoms with van der Waals surface area (Å²) < 4.78 is 0.842. The standard InChI is InChI=1S/C14H16BrNO3/c1-9-5-10(7-11(15)6-9)12(17)16-8-14(13(18)19)3-2-4-14/h5-7H,2-4,8H2,1H3,(H,16,17)(H,18,19). The third-order valence-electron chi connectivity index (χ3n) is 3.66. The number of carbonyl (C=O) groups is 2. The Morgan fingerprint density at radius 1 is 1.37 bits per heavy atom. The zero-order chi connectivity index (χ0) is 14.0. The largest absolute Gasteiger partial charge is 0.481 e. The van der Waals surface area contributed by atoms with Gasteiger partial charge in [0.05, 0.1) is 5.41 Å². The molecule has 1 aliphatic carbocycles. The Bertz CT molecular complexity index is 503. The predicted octanol–water partition coefficient (Wildman–Crippen LogP) is 2.74. The Morgan fingerprint density at radius 3 is 2.53 bits per heavy atom. The molecule has 102 valence electrons. The molecular weight excluding hydrogens is 310 g/mol. The van der Waals surface area contributed by atoms with Gasteiger partial charge in [-0.3, -0.25) is 9.59 Å². The molecule has 0 unspecified atom stereocenters. The Hall–Kier alpha value is -1.36. The van der Waals surface area contributed by atoms with Crippen molar-refractivity contribution in [1.82, 2.24) is 5.32 Å². The van der Waals surface area contributed by atoms with E-state index < -0.39 is 11.4 Å². The van der Waals surface area contributed by atoms with Gasteiger partial charge in [-0.15, -0.1) is 0 Å². The quantitative estimate of drug-likeness (QED) is 0.894. The highest BCUT2D eigenvalue weighted by molar-refractivity contribution is 9.10. The van der Waals surface area contributed by atoms with Crippen molar-refractivity contribution in [2.24, 2.45) is 5.41 Å². The molecule has 1 aliphatic rings. The van der Waals surface area contributed by atoms with E-state index in [4.69, 9.17) is 0 Å². The highest BCUT2D eigenvalue weighted by atomic mass is 79.9. The van der Waals surface area contributed by atoms with Crippen LogP contribution in [0, 0.1) is 12.3 Å². The zero-order valence-electron chi connectivity index (χ0n) is 10.7. The second kappa shape index (κ2) is 5.33. The smallest absolute Gasteiger partial charge is 0.311 e. The Balaban J connectivity index is 2.03. The molecule has 1 aromatic carbocycles. The minimum Gasteiger partial charge on any atom is -0.481 e. The van der Waals surface area contributed by atoms with Gasteiger partial charge in [-0.1, -0.05) is 22.4 Å². The maximum Gasteiger partial charge on any atom is 0.311 e. The van der Waals surface area contributed by atoms with Gasteiger partial charge >= 0.3 is 5.97 Å². The van der Waals surface area contributed by atoms with Gasteiger partial charge in [-0.25, -0.2) is 0 Å². The SMILES string of the molecule is Cc1cc(Br)cc(C(=O)NCC2(C(=O)O)CCC2)c1. The van der Waals surface area contributed by atoms with E-state index in [1.165, 1.54) is 0 Å². The summed E-state index contributed by atoms with van der Waals surface area (Å²) in [7, 11) is 0. The van der Waals surface area contributed by atoms with Crippen molar-refractivity contribution >= 4 is 27.8 Å². The van der Waals surface area contributed by atoms with Crippen LogP contribution >= 0.6 is 15.9 Å². The molecule has 4 nitrogen and oxygen atoms in total. The van der Waals surface area contributed by atoms with Crippen molar-refractivity contribution in [3.05, 3.63) is 33.8 Å². The first-order valence-corrected chi connectivity index (χ1v) is 7.01. The third-order valence-corrected chi connectivity index (χ3v) is 4.11. The van der Waals surface area contributed by atoms with E-state index in [9.17, 15) is 14.7 Å². The van der Waals surface area contributed by atoms with E-state index in [2.05, 4.69) is 21.2 Å². The molecular formula is C14H16BrNO3. The van der Waals surface area contributed by atoms with Crippen molar-refractivity contribution in [3.8, 4) is 0 Å². The Morgan fingerprint density at radius 2 is 2.05 bits per heavy atom. The van der Waals surface area contributed by atoms with E-state index in [1.807, 2.05) is 13.0 Å². The van der Waals surface area contributed by atoms with E-state index in [0.29, 0.717) is 18.4 Å². The van der Waals surface area contributed by atoms with Crippen LogP contribution in [0.2, 0.25) is 0 Å². The summed E-state index contributed by atoms with van der Waals surface area (Å²) in [5.41, 5.74) is 0.777. The van der Waals surface area contributed by atoms with Crippen LogP contribution < -0.4 is 5.32 Å². The minimum absolute atomic E-state index is 0.201. The number of carboxylic acid groups (broad SMARTS) is 1. The van der Waals surface area contributed by atoms with Gasteiger partial charge in [-0.2, -0.15) is 0 Å². The topological polar surface area (TPSA) is 66.4 Å². The molecule has 1 amide bonds.